The van der Waals surface area contributed by atoms with Crippen molar-refractivity contribution in [2.24, 2.45) is 0 Å². The number of carbonyl (C=O) groups is 4. The van der Waals surface area contributed by atoms with Crippen molar-refractivity contribution >= 4 is 23.9 Å². The summed E-state index contributed by atoms with van der Waals surface area (Å²) in [6, 6.07) is 24.6. The van der Waals surface area contributed by atoms with E-state index in [2.05, 4.69) is 5.32 Å². The van der Waals surface area contributed by atoms with Gasteiger partial charge >= 0.3 is 12.1 Å². The van der Waals surface area contributed by atoms with Crippen molar-refractivity contribution in [3.05, 3.63) is 102 Å². The molecule has 0 bridgehead atoms. The number of hydrogen-bond acceptors (Lipinski definition) is 7. The van der Waals surface area contributed by atoms with Gasteiger partial charge in [-0.15, -0.1) is 5.06 Å². The second kappa shape index (κ2) is 12.3. The molecule has 0 unspecified atom stereocenters. The highest BCUT2D eigenvalue weighted by Gasteiger charge is 2.35. The lowest BCUT2D eigenvalue weighted by Crippen LogP contribution is -2.46. The first kappa shape index (κ1) is 25.4. The summed E-state index contributed by atoms with van der Waals surface area (Å²) in [6.07, 6.45) is -0.872. The summed E-state index contributed by atoms with van der Waals surface area (Å²) >= 11 is 0. The molecule has 1 aliphatic heterocycles. The molecule has 1 aliphatic rings. The molecule has 37 heavy (non-hydrogen) atoms. The average molecular weight is 503 g/mol. The zero-order valence-corrected chi connectivity index (χ0v) is 20.0. The van der Waals surface area contributed by atoms with Crippen LogP contribution in [-0.2, 0) is 43.6 Å². The molecule has 0 aromatic heterocycles. The number of benzene rings is 3. The number of hydrogen-bond donors (Lipinski definition) is 1. The van der Waals surface area contributed by atoms with E-state index >= 15 is 0 Å². The second-order valence-corrected chi connectivity index (χ2v) is 8.37. The maximum Gasteiger partial charge on any atom is 0.408 e. The standard InChI is InChI=1S/C28H26N2O7/c31-25-15-16-26(32)30(25)37-27(33)24(29-28(34)36-19-22-9-5-2-6-10-22)17-20-11-13-23(14-12-20)35-18-21-7-3-1-4-8-21/h1-14,24H,15-19H2,(H,29,34)/t24-/m0/s1. The molecule has 190 valence electrons. The molecule has 1 fully saturated rings. The van der Waals surface area contributed by atoms with Crippen molar-refractivity contribution in [2.45, 2.75) is 38.5 Å². The molecule has 3 aromatic rings. The van der Waals surface area contributed by atoms with E-state index in [1.165, 1.54) is 0 Å². The van der Waals surface area contributed by atoms with Crippen molar-refractivity contribution < 1.29 is 33.5 Å². The Hall–Kier alpha value is -4.66. The van der Waals surface area contributed by atoms with Crippen LogP contribution in [0.3, 0.4) is 0 Å². The van der Waals surface area contributed by atoms with Crippen molar-refractivity contribution in [3.63, 3.8) is 0 Å². The van der Waals surface area contributed by atoms with Crippen LogP contribution in [0.4, 0.5) is 4.79 Å². The van der Waals surface area contributed by atoms with Gasteiger partial charge in [0.05, 0.1) is 0 Å². The zero-order valence-electron chi connectivity index (χ0n) is 20.0. The van der Waals surface area contributed by atoms with Crippen LogP contribution >= 0.6 is 0 Å². The predicted molar refractivity (Wildman–Crippen MR) is 132 cm³/mol. The highest BCUT2D eigenvalue weighted by molar-refractivity contribution is 6.01. The maximum atomic E-state index is 12.9. The van der Waals surface area contributed by atoms with E-state index in [1.54, 1.807) is 36.4 Å². The van der Waals surface area contributed by atoms with E-state index in [1.807, 2.05) is 48.5 Å². The summed E-state index contributed by atoms with van der Waals surface area (Å²) in [6.45, 7) is 0.410. The fraction of sp³-hybridized carbons (Fsp3) is 0.214. The third-order valence-corrected chi connectivity index (χ3v) is 5.59. The lowest BCUT2D eigenvalue weighted by atomic mass is 10.1. The molecule has 3 aromatic carbocycles. The van der Waals surface area contributed by atoms with Crippen LogP contribution in [0, 0.1) is 0 Å². The van der Waals surface area contributed by atoms with Crippen LogP contribution in [0.2, 0.25) is 0 Å². The first-order valence-corrected chi connectivity index (χ1v) is 11.8. The molecule has 9 nitrogen and oxygen atoms in total. The summed E-state index contributed by atoms with van der Waals surface area (Å²) in [5.41, 5.74) is 2.49. The van der Waals surface area contributed by atoms with Gasteiger partial charge in [0, 0.05) is 19.3 Å². The van der Waals surface area contributed by atoms with Gasteiger partial charge in [-0.05, 0) is 28.8 Å². The Balaban J connectivity index is 1.39. The molecule has 0 radical (unpaired) electrons. The minimum atomic E-state index is -1.21. The van der Waals surface area contributed by atoms with Gasteiger partial charge in [-0.25, -0.2) is 9.59 Å². The fourth-order valence-electron chi connectivity index (χ4n) is 3.61. The summed E-state index contributed by atoms with van der Waals surface area (Å²) in [5.74, 6) is -1.53. The lowest BCUT2D eigenvalue weighted by Gasteiger charge is -2.20. The molecule has 1 N–H and O–H groups in total. The van der Waals surface area contributed by atoms with Crippen molar-refractivity contribution in [2.75, 3.05) is 0 Å². The molecule has 1 saturated heterocycles. The Bertz CT molecular complexity index is 1210. The molecule has 0 saturated carbocycles. The van der Waals surface area contributed by atoms with E-state index in [4.69, 9.17) is 14.3 Å². The third kappa shape index (κ3) is 7.41. The van der Waals surface area contributed by atoms with Crippen LogP contribution in [0.5, 0.6) is 5.75 Å². The molecule has 4 rings (SSSR count). The Morgan fingerprint density at radius 3 is 1.92 bits per heavy atom. The monoisotopic (exact) mass is 502 g/mol. The normalized spacial score (nSPS) is 13.7. The molecule has 1 atom stereocenters. The van der Waals surface area contributed by atoms with Gasteiger partial charge in [-0.1, -0.05) is 72.8 Å². The van der Waals surface area contributed by atoms with Crippen LogP contribution in [0.1, 0.15) is 29.5 Å². The van der Waals surface area contributed by atoms with Crippen molar-refractivity contribution in [1.29, 1.82) is 0 Å². The summed E-state index contributed by atoms with van der Waals surface area (Å²) in [7, 11) is 0. The predicted octanol–water partition coefficient (Wildman–Crippen LogP) is 3.71. The molecule has 1 heterocycles. The fourth-order valence-corrected chi connectivity index (χ4v) is 3.61. The van der Waals surface area contributed by atoms with Gasteiger partial charge in [0.15, 0.2) is 0 Å². The van der Waals surface area contributed by atoms with E-state index in [0.29, 0.717) is 23.0 Å². The number of carbonyl (C=O) groups excluding carboxylic acids is 4. The first-order chi connectivity index (χ1) is 18.0. The van der Waals surface area contributed by atoms with Gasteiger partial charge in [-0.2, -0.15) is 0 Å². The van der Waals surface area contributed by atoms with Crippen LogP contribution < -0.4 is 10.1 Å². The van der Waals surface area contributed by atoms with Gasteiger partial charge in [0.25, 0.3) is 11.8 Å². The van der Waals surface area contributed by atoms with Crippen LogP contribution in [0.25, 0.3) is 0 Å². The number of imide groups is 1. The number of hydroxylamine groups is 2. The summed E-state index contributed by atoms with van der Waals surface area (Å²) in [5, 5.41) is 2.94. The molecular formula is C28H26N2O7. The minimum absolute atomic E-state index is 0.00495. The zero-order chi connectivity index (χ0) is 26.0. The molecule has 0 spiro atoms. The van der Waals surface area contributed by atoms with Crippen molar-refractivity contribution in [1.82, 2.24) is 10.4 Å². The summed E-state index contributed by atoms with van der Waals surface area (Å²) < 4.78 is 11.0. The largest absolute Gasteiger partial charge is 0.489 e. The van der Waals surface area contributed by atoms with Gasteiger partial charge in [0.1, 0.15) is 25.0 Å². The Morgan fingerprint density at radius 1 is 0.757 bits per heavy atom. The number of nitrogens with one attached hydrogen (secondary N) is 1. The van der Waals surface area contributed by atoms with Crippen LogP contribution in [-0.4, -0.2) is 35.0 Å². The Morgan fingerprint density at radius 2 is 1.32 bits per heavy atom. The van der Waals surface area contributed by atoms with Gasteiger partial charge in [-0.3, -0.25) is 9.59 Å². The minimum Gasteiger partial charge on any atom is -0.489 e. The molecule has 9 heteroatoms. The van der Waals surface area contributed by atoms with Crippen LogP contribution in [0.15, 0.2) is 84.9 Å². The van der Waals surface area contributed by atoms with Crippen molar-refractivity contribution in [3.8, 4) is 5.75 Å². The number of ether oxygens (including phenoxy) is 2. The number of alkyl carbamates (subject to hydrolysis) is 1. The highest BCUT2D eigenvalue weighted by Crippen LogP contribution is 2.17. The highest BCUT2D eigenvalue weighted by atomic mass is 16.7. The van der Waals surface area contributed by atoms with E-state index in [9.17, 15) is 19.2 Å². The third-order valence-electron chi connectivity index (χ3n) is 5.59. The number of nitrogens with zero attached hydrogens (tertiary/aromatic N) is 1. The smallest absolute Gasteiger partial charge is 0.408 e. The Labute approximate surface area is 213 Å². The molecular weight excluding hydrogens is 476 g/mol. The van der Waals surface area contributed by atoms with E-state index in [0.717, 1.165) is 11.1 Å². The number of rotatable bonds is 10. The molecule has 3 amide bonds. The Kier molecular flexibility index (Phi) is 8.49. The lowest BCUT2D eigenvalue weighted by molar-refractivity contribution is -0.198. The molecule has 0 aliphatic carbocycles. The SMILES string of the molecule is O=C(N[C@@H](Cc1ccc(OCc2ccccc2)cc1)C(=O)ON1C(=O)CCC1=O)OCc1ccccc1. The van der Waals surface area contributed by atoms with Gasteiger partial charge in [0.2, 0.25) is 0 Å². The quantitative estimate of drug-likeness (QED) is 0.421. The first-order valence-electron chi connectivity index (χ1n) is 11.8. The summed E-state index contributed by atoms with van der Waals surface area (Å²) in [4.78, 5) is 54.1. The van der Waals surface area contributed by atoms with E-state index in [-0.39, 0.29) is 25.9 Å². The second-order valence-electron chi connectivity index (χ2n) is 8.37. The number of amides is 3. The van der Waals surface area contributed by atoms with E-state index < -0.39 is 29.9 Å². The maximum absolute atomic E-state index is 12.9. The topological polar surface area (TPSA) is 111 Å². The average Bonchev–Trinajstić information content (AvgIpc) is 3.24. The van der Waals surface area contributed by atoms with Gasteiger partial charge < -0.3 is 19.6 Å².